The monoisotopic (exact) mass is 300 g/mol. The maximum atomic E-state index is 12.0. The smallest absolute Gasteiger partial charge is 0.283 e. The molecule has 0 spiro atoms. The summed E-state index contributed by atoms with van der Waals surface area (Å²) in [5, 5.41) is 31.6. The normalized spacial score (nSPS) is 11.2. The zero-order chi connectivity index (χ0) is 15.3. The second-order valence-electron chi connectivity index (χ2n) is 4.47. The molecule has 0 aliphatic rings. The summed E-state index contributed by atoms with van der Waals surface area (Å²) in [4.78, 5) is 22.8. The molecule has 0 radical (unpaired) electrons. The van der Waals surface area contributed by atoms with Gasteiger partial charge in [0.25, 0.3) is 11.6 Å². The van der Waals surface area contributed by atoms with Gasteiger partial charge in [0.2, 0.25) is 0 Å². The molecule has 110 valence electrons. The molecule has 0 aromatic heterocycles. The average Bonchev–Trinajstić information content (AvgIpc) is 2.46. The zero-order valence-electron chi connectivity index (χ0n) is 11.1. The predicted molar refractivity (Wildman–Crippen MR) is 74.9 cm³/mol. The van der Waals surface area contributed by atoms with Crippen LogP contribution >= 0.6 is 11.8 Å². The molecular weight excluding hydrogens is 284 g/mol. The molecule has 0 fully saturated rings. The lowest BCUT2D eigenvalue weighted by molar-refractivity contribution is -0.387. The highest BCUT2D eigenvalue weighted by atomic mass is 32.2. The minimum atomic E-state index is -1.18. The number of aliphatic hydroxyl groups excluding tert-OH is 2. The molecule has 8 heteroatoms. The van der Waals surface area contributed by atoms with Crippen LogP contribution in [0.2, 0.25) is 0 Å². The van der Waals surface area contributed by atoms with Crippen molar-refractivity contribution in [2.24, 2.45) is 0 Å². The van der Waals surface area contributed by atoms with Crippen molar-refractivity contribution < 1.29 is 19.9 Å². The van der Waals surface area contributed by atoms with E-state index in [1.165, 1.54) is 36.9 Å². The summed E-state index contributed by atoms with van der Waals surface area (Å²) < 4.78 is 0. The van der Waals surface area contributed by atoms with Gasteiger partial charge in [-0.25, -0.2) is 0 Å². The first-order valence-corrected chi connectivity index (χ1v) is 6.96. The maximum absolute atomic E-state index is 12.0. The molecule has 0 saturated heterocycles. The van der Waals surface area contributed by atoms with Crippen LogP contribution in [0.1, 0.15) is 17.3 Å². The molecule has 1 amide bonds. The van der Waals surface area contributed by atoms with Crippen molar-refractivity contribution in [1.29, 1.82) is 0 Å². The topological polar surface area (TPSA) is 113 Å². The predicted octanol–water partition coefficient (Wildman–Crippen LogP) is 0.790. The number of nitrogens with one attached hydrogen (secondary N) is 1. The summed E-state index contributed by atoms with van der Waals surface area (Å²) in [5.74, 6) is -0.591. The second-order valence-corrected chi connectivity index (χ2v) is 5.32. The fourth-order valence-electron chi connectivity index (χ4n) is 1.45. The minimum Gasteiger partial charge on any atom is -0.394 e. The van der Waals surface area contributed by atoms with Crippen molar-refractivity contribution in [3.05, 3.63) is 33.9 Å². The number of aliphatic hydroxyl groups is 2. The SMILES string of the molecule is CSc1ccc(C(=O)NC(C)(CO)CO)cc1[N+](=O)[O-]. The number of thioether (sulfide) groups is 1. The molecule has 0 atom stereocenters. The van der Waals surface area contributed by atoms with Gasteiger partial charge in [0.05, 0.1) is 28.6 Å². The quantitative estimate of drug-likeness (QED) is 0.407. The van der Waals surface area contributed by atoms with E-state index >= 15 is 0 Å². The van der Waals surface area contributed by atoms with Crippen molar-refractivity contribution in [2.45, 2.75) is 17.4 Å². The lowest BCUT2D eigenvalue weighted by Crippen LogP contribution is -2.51. The summed E-state index contributed by atoms with van der Waals surface area (Å²) in [6.45, 7) is 0.579. The Morgan fingerprint density at radius 1 is 1.45 bits per heavy atom. The number of hydrogen-bond acceptors (Lipinski definition) is 6. The van der Waals surface area contributed by atoms with Crippen LogP contribution in [0.25, 0.3) is 0 Å². The van der Waals surface area contributed by atoms with Gasteiger partial charge in [-0.15, -0.1) is 11.8 Å². The van der Waals surface area contributed by atoms with Crippen LogP contribution in [0.4, 0.5) is 5.69 Å². The van der Waals surface area contributed by atoms with Gasteiger partial charge in [0, 0.05) is 11.6 Å². The van der Waals surface area contributed by atoms with Crippen LogP contribution in [0.5, 0.6) is 0 Å². The molecule has 0 unspecified atom stereocenters. The third kappa shape index (κ3) is 3.69. The van der Waals surface area contributed by atoms with Crippen molar-refractivity contribution in [1.82, 2.24) is 5.32 Å². The summed E-state index contributed by atoms with van der Waals surface area (Å²) in [6, 6.07) is 4.13. The number of hydrogen-bond donors (Lipinski definition) is 3. The van der Waals surface area contributed by atoms with Gasteiger partial charge in [-0.3, -0.25) is 14.9 Å². The summed E-state index contributed by atoms with van der Waals surface area (Å²) >= 11 is 1.21. The molecule has 20 heavy (non-hydrogen) atoms. The summed E-state index contributed by atoms with van der Waals surface area (Å²) in [7, 11) is 0. The van der Waals surface area contributed by atoms with Crippen LogP contribution in [0.3, 0.4) is 0 Å². The van der Waals surface area contributed by atoms with E-state index in [4.69, 9.17) is 10.2 Å². The second kappa shape index (κ2) is 6.69. The molecule has 0 aliphatic heterocycles. The van der Waals surface area contributed by atoms with E-state index in [1.54, 1.807) is 6.26 Å². The number of benzene rings is 1. The lowest BCUT2D eigenvalue weighted by atomic mass is 10.0. The number of nitro benzene ring substituents is 1. The van der Waals surface area contributed by atoms with E-state index < -0.39 is 29.6 Å². The first-order valence-electron chi connectivity index (χ1n) is 5.73. The van der Waals surface area contributed by atoms with E-state index in [1.807, 2.05) is 0 Å². The van der Waals surface area contributed by atoms with Crippen LogP contribution < -0.4 is 5.32 Å². The Kier molecular flexibility index (Phi) is 5.49. The third-order valence-electron chi connectivity index (χ3n) is 2.75. The first kappa shape index (κ1) is 16.4. The number of nitro groups is 1. The number of carbonyl (C=O) groups excluding carboxylic acids is 1. The van der Waals surface area contributed by atoms with Crippen LogP contribution in [0.15, 0.2) is 23.1 Å². The fraction of sp³-hybridized carbons (Fsp3) is 0.417. The Hall–Kier alpha value is -1.64. The zero-order valence-corrected chi connectivity index (χ0v) is 11.9. The average molecular weight is 300 g/mol. The van der Waals surface area contributed by atoms with Gasteiger partial charge in [-0.2, -0.15) is 0 Å². The van der Waals surface area contributed by atoms with E-state index in [9.17, 15) is 14.9 Å². The van der Waals surface area contributed by atoms with Gasteiger partial charge < -0.3 is 15.5 Å². The Morgan fingerprint density at radius 3 is 2.50 bits per heavy atom. The highest BCUT2D eigenvalue weighted by Crippen LogP contribution is 2.28. The van der Waals surface area contributed by atoms with E-state index in [2.05, 4.69) is 5.32 Å². The molecule has 0 aliphatic carbocycles. The van der Waals surface area contributed by atoms with Gasteiger partial charge in [0.1, 0.15) is 0 Å². The molecule has 1 aromatic carbocycles. The van der Waals surface area contributed by atoms with Gasteiger partial charge in [-0.1, -0.05) is 0 Å². The van der Waals surface area contributed by atoms with E-state index in [0.717, 1.165) is 0 Å². The van der Waals surface area contributed by atoms with Crippen LogP contribution in [-0.4, -0.2) is 46.1 Å². The van der Waals surface area contributed by atoms with Crippen LogP contribution in [0, 0.1) is 10.1 Å². The Morgan fingerprint density at radius 2 is 2.05 bits per heavy atom. The molecule has 0 bridgehead atoms. The van der Waals surface area contributed by atoms with Gasteiger partial charge in [-0.05, 0) is 25.3 Å². The maximum Gasteiger partial charge on any atom is 0.283 e. The Labute approximate surface area is 120 Å². The highest BCUT2D eigenvalue weighted by molar-refractivity contribution is 7.98. The van der Waals surface area contributed by atoms with Crippen molar-refractivity contribution >= 4 is 23.4 Å². The molecular formula is C12H16N2O5S. The van der Waals surface area contributed by atoms with Gasteiger partial charge in [0.15, 0.2) is 0 Å². The van der Waals surface area contributed by atoms with Gasteiger partial charge >= 0.3 is 0 Å². The lowest BCUT2D eigenvalue weighted by Gasteiger charge is -2.26. The molecule has 1 aromatic rings. The fourth-order valence-corrected chi connectivity index (χ4v) is 2.00. The largest absolute Gasteiger partial charge is 0.394 e. The first-order chi connectivity index (χ1) is 9.36. The summed E-state index contributed by atoms with van der Waals surface area (Å²) in [6.07, 6.45) is 1.71. The molecule has 3 N–H and O–H groups in total. The number of carbonyl (C=O) groups is 1. The van der Waals surface area contributed by atoms with Crippen LogP contribution in [-0.2, 0) is 0 Å². The minimum absolute atomic E-state index is 0.0997. The number of rotatable bonds is 6. The highest BCUT2D eigenvalue weighted by Gasteiger charge is 2.26. The van der Waals surface area contributed by atoms with Crippen molar-refractivity contribution in [3.63, 3.8) is 0 Å². The molecule has 1 rings (SSSR count). The third-order valence-corrected chi connectivity index (χ3v) is 3.54. The number of amides is 1. The standard InChI is InChI=1S/C12H16N2O5S/c1-12(6-15,7-16)13-11(17)8-3-4-10(20-2)9(5-8)14(18)19/h3-5,15-16H,6-7H2,1-2H3,(H,13,17). The number of nitrogens with zero attached hydrogens (tertiary/aromatic N) is 1. The van der Waals surface area contributed by atoms with E-state index in [0.29, 0.717) is 4.90 Å². The Bertz CT molecular complexity index is 517. The Balaban J connectivity index is 3.06. The molecule has 7 nitrogen and oxygen atoms in total. The van der Waals surface area contributed by atoms with E-state index in [-0.39, 0.29) is 11.3 Å². The molecule has 0 heterocycles. The molecule has 0 saturated carbocycles. The van der Waals surface area contributed by atoms with Crippen molar-refractivity contribution in [2.75, 3.05) is 19.5 Å². The van der Waals surface area contributed by atoms with Crippen molar-refractivity contribution in [3.8, 4) is 0 Å². The summed E-state index contributed by atoms with van der Waals surface area (Å²) in [5.41, 5.74) is -1.23.